The third-order valence-electron chi connectivity index (χ3n) is 3.79. The predicted molar refractivity (Wildman–Crippen MR) is 96.4 cm³/mol. The zero-order chi connectivity index (χ0) is 18.0. The Hall–Kier alpha value is -2.07. The Bertz CT molecular complexity index is 882. The lowest BCUT2D eigenvalue weighted by Crippen LogP contribution is -2.21. The SMILES string of the molecule is N#Cc1c(NC(=O)COC(=O)c2c(Cl)cccc2Cl)sc2c1CCC2. The lowest BCUT2D eigenvalue weighted by atomic mass is 10.1. The molecule has 8 heteroatoms. The summed E-state index contributed by atoms with van der Waals surface area (Å²) in [6, 6.07) is 6.77. The van der Waals surface area contributed by atoms with Crippen LogP contribution in [0.4, 0.5) is 5.00 Å². The first-order valence-corrected chi connectivity index (χ1v) is 9.04. The molecule has 0 bridgehead atoms. The highest BCUT2D eigenvalue weighted by atomic mass is 35.5. The summed E-state index contributed by atoms with van der Waals surface area (Å²) in [5.74, 6) is -1.30. The van der Waals surface area contributed by atoms with E-state index in [0.29, 0.717) is 10.6 Å². The maximum atomic E-state index is 12.1. The van der Waals surface area contributed by atoms with Gasteiger partial charge in [0.15, 0.2) is 6.61 Å². The first kappa shape index (κ1) is 17.7. The van der Waals surface area contributed by atoms with Crippen molar-refractivity contribution in [3.63, 3.8) is 0 Å². The number of aryl methyl sites for hydroxylation is 1. The number of rotatable bonds is 4. The molecule has 1 aliphatic carbocycles. The van der Waals surface area contributed by atoms with Crippen LogP contribution in [0.25, 0.3) is 0 Å². The quantitative estimate of drug-likeness (QED) is 0.787. The highest BCUT2D eigenvalue weighted by molar-refractivity contribution is 7.16. The molecule has 0 fully saturated rings. The molecule has 1 N–H and O–H groups in total. The second kappa shape index (κ2) is 7.44. The predicted octanol–water partition coefficient (Wildman–Crippen LogP) is 4.21. The second-order valence-corrected chi connectivity index (χ2v) is 7.31. The van der Waals surface area contributed by atoms with Crippen LogP contribution in [0.1, 0.15) is 32.8 Å². The Morgan fingerprint density at radius 1 is 1.28 bits per heavy atom. The van der Waals surface area contributed by atoms with Crippen LogP contribution in [-0.2, 0) is 22.4 Å². The summed E-state index contributed by atoms with van der Waals surface area (Å²) in [4.78, 5) is 25.2. The zero-order valence-electron chi connectivity index (χ0n) is 12.9. The number of hydrogen-bond donors (Lipinski definition) is 1. The Kier molecular flexibility index (Phi) is 5.28. The van der Waals surface area contributed by atoms with Gasteiger partial charge in [0, 0.05) is 4.88 Å². The molecule has 0 radical (unpaired) electrons. The molecule has 1 aromatic carbocycles. The van der Waals surface area contributed by atoms with E-state index in [-0.39, 0.29) is 15.6 Å². The van der Waals surface area contributed by atoms with Crippen LogP contribution in [-0.4, -0.2) is 18.5 Å². The fourth-order valence-electron chi connectivity index (χ4n) is 2.67. The third-order valence-corrected chi connectivity index (χ3v) is 5.62. The lowest BCUT2D eigenvalue weighted by Gasteiger charge is -2.08. The molecule has 3 rings (SSSR count). The van der Waals surface area contributed by atoms with E-state index in [1.54, 1.807) is 6.07 Å². The van der Waals surface area contributed by atoms with E-state index < -0.39 is 18.5 Å². The van der Waals surface area contributed by atoms with Crippen molar-refractivity contribution >= 4 is 51.4 Å². The van der Waals surface area contributed by atoms with E-state index in [9.17, 15) is 14.9 Å². The monoisotopic (exact) mass is 394 g/mol. The molecule has 0 unspecified atom stereocenters. The summed E-state index contributed by atoms with van der Waals surface area (Å²) in [6.07, 6.45) is 2.80. The number of nitriles is 1. The van der Waals surface area contributed by atoms with Crippen LogP contribution < -0.4 is 5.32 Å². The number of esters is 1. The molecule has 1 amide bonds. The molecule has 0 saturated carbocycles. The van der Waals surface area contributed by atoms with Gasteiger partial charge in [-0.15, -0.1) is 11.3 Å². The Labute approximate surface area is 158 Å². The number of ether oxygens (including phenoxy) is 1. The maximum Gasteiger partial charge on any atom is 0.341 e. The molecule has 1 aliphatic rings. The molecule has 0 atom stereocenters. The fraction of sp³-hybridized carbons (Fsp3) is 0.235. The molecule has 5 nitrogen and oxygen atoms in total. The number of fused-ring (bicyclic) bond motifs is 1. The number of anilines is 1. The largest absolute Gasteiger partial charge is 0.452 e. The molecule has 0 spiro atoms. The number of amides is 1. The Balaban J connectivity index is 1.64. The Morgan fingerprint density at radius 2 is 2.00 bits per heavy atom. The van der Waals surface area contributed by atoms with Crippen LogP contribution in [0.3, 0.4) is 0 Å². The molecule has 0 aliphatic heterocycles. The molecule has 1 aromatic heterocycles. The third kappa shape index (κ3) is 3.64. The zero-order valence-corrected chi connectivity index (χ0v) is 15.2. The van der Waals surface area contributed by atoms with Crippen molar-refractivity contribution in [3.8, 4) is 6.07 Å². The fourth-order valence-corrected chi connectivity index (χ4v) is 4.48. The average Bonchev–Trinajstić information content (AvgIpc) is 3.13. The van der Waals surface area contributed by atoms with Crippen molar-refractivity contribution in [1.29, 1.82) is 5.26 Å². The van der Waals surface area contributed by atoms with Gasteiger partial charge in [0.25, 0.3) is 5.91 Å². The molecule has 0 saturated heterocycles. The maximum absolute atomic E-state index is 12.1. The topological polar surface area (TPSA) is 79.2 Å². The average molecular weight is 395 g/mol. The summed E-state index contributed by atoms with van der Waals surface area (Å²) in [7, 11) is 0. The van der Waals surface area contributed by atoms with E-state index in [4.69, 9.17) is 27.9 Å². The minimum Gasteiger partial charge on any atom is -0.452 e. The molecule has 25 heavy (non-hydrogen) atoms. The van der Waals surface area contributed by atoms with E-state index in [0.717, 1.165) is 29.7 Å². The minimum atomic E-state index is -0.778. The van der Waals surface area contributed by atoms with Gasteiger partial charge in [-0.3, -0.25) is 4.79 Å². The lowest BCUT2D eigenvalue weighted by molar-refractivity contribution is -0.119. The summed E-state index contributed by atoms with van der Waals surface area (Å²) in [5, 5.41) is 12.8. The van der Waals surface area contributed by atoms with Crippen LogP contribution in [0.5, 0.6) is 0 Å². The van der Waals surface area contributed by atoms with Crippen molar-refractivity contribution in [1.82, 2.24) is 0 Å². The van der Waals surface area contributed by atoms with Gasteiger partial charge in [0.2, 0.25) is 0 Å². The minimum absolute atomic E-state index is 0.0199. The van der Waals surface area contributed by atoms with E-state index in [2.05, 4.69) is 11.4 Å². The van der Waals surface area contributed by atoms with Crippen molar-refractivity contribution in [2.75, 3.05) is 11.9 Å². The van der Waals surface area contributed by atoms with Gasteiger partial charge >= 0.3 is 5.97 Å². The van der Waals surface area contributed by atoms with E-state index in [1.165, 1.54) is 23.5 Å². The van der Waals surface area contributed by atoms with Gasteiger partial charge < -0.3 is 10.1 Å². The van der Waals surface area contributed by atoms with Gasteiger partial charge in [-0.1, -0.05) is 29.3 Å². The molecular formula is C17H12Cl2N2O3S. The van der Waals surface area contributed by atoms with Crippen LogP contribution in [0, 0.1) is 11.3 Å². The van der Waals surface area contributed by atoms with Crippen LogP contribution in [0.15, 0.2) is 18.2 Å². The highest BCUT2D eigenvalue weighted by Gasteiger charge is 2.23. The first-order valence-electron chi connectivity index (χ1n) is 7.47. The number of nitrogens with zero attached hydrogens (tertiary/aromatic N) is 1. The highest BCUT2D eigenvalue weighted by Crippen LogP contribution is 2.38. The summed E-state index contributed by atoms with van der Waals surface area (Å²) < 4.78 is 4.98. The molecule has 1 heterocycles. The number of hydrogen-bond acceptors (Lipinski definition) is 5. The normalized spacial score (nSPS) is 12.4. The van der Waals surface area contributed by atoms with E-state index in [1.807, 2.05) is 0 Å². The number of thiophene rings is 1. The second-order valence-electron chi connectivity index (χ2n) is 5.39. The van der Waals surface area contributed by atoms with Gasteiger partial charge in [0.05, 0.1) is 21.2 Å². The summed E-state index contributed by atoms with van der Waals surface area (Å²) in [5.41, 5.74) is 1.54. The van der Waals surface area contributed by atoms with Crippen LogP contribution >= 0.6 is 34.5 Å². The Morgan fingerprint density at radius 3 is 2.68 bits per heavy atom. The molecule has 128 valence electrons. The van der Waals surface area contributed by atoms with Gasteiger partial charge in [-0.05, 0) is 37.0 Å². The number of halogens is 2. The van der Waals surface area contributed by atoms with Crippen molar-refractivity contribution in [2.45, 2.75) is 19.3 Å². The van der Waals surface area contributed by atoms with Gasteiger partial charge in [0.1, 0.15) is 11.1 Å². The van der Waals surface area contributed by atoms with Gasteiger partial charge in [-0.2, -0.15) is 5.26 Å². The van der Waals surface area contributed by atoms with Crippen molar-refractivity contribution in [3.05, 3.63) is 49.8 Å². The number of carbonyl (C=O) groups excluding carboxylic acids is 2. The number of carbonyl (C=O) groups is 2. The summed E-state index contributed by atoms with van der Waals surface area (Å²) in [6.45, 7) is -0.492. The number of nitrogens with one attached hydrogen (secondary N) is 1. The molecular weight excluding hydrogens is 383 g/mol. The van der Waals surface area contributed by atoms with Crippen molar-refractivity contribution < 1.29 is 14.3 Å². The molecule has 2 aromatic rings. The first-order chi connectivity index (χ1) is 12.0. The van der Waals surface area contributed by atoms with Crippen molar-refractivity contribution in [2.24, 2.45) is 0 Å². The number of benzene rings is 1. The van der Waals surface area contributed by atoms with Crippen LogP contribution in [0.2, 0.25) is 10.0 Å². The summed E-state index contributed by atoms with van der Waals surface area (Å²) >= 11 is 13.3. The van der Waals surface area contributed by atoms with E-state index >= 15 is 0 Å². The van der Waals surface area contributed by atoms with Gasteiger partial charge in [-0.25, -0.2) is 4.79 Å². The smallest absolute Gasteiger partial charge is 0.341 e. The standard InChI is InChI=1S/C17H12Cl2N2O3S/c18-11-4-2-5-12(19)15(11)17(23)24-8-14(22)21-16-10(7-20)9-3-1-6-13(9)25-16/h2,4-5H,1,3,6,8H2,(H,21,22).